The highest BCUT2D eigenvalue weighted by Gasteiger charge is 2.31. The fraction of sp³-hybridized carbons (Fsp3) is 0.933. The van der Waals surface area contributed by atoms with Gasteiger partial charge < -0.3 is 15.2 Å². The van der Waals surface area contributed by atoms with Crippen molar-refractivity contribution < 1.29 is 14.6 Å². The van der Waals surface area contributed by atoms with E-state index in [2.05, 4.69) is 26.1 Å². The molecule has 0 aliphatic carbocycles. The molecule has 0 heterocycles. The number of ether oxygens (including phenoxy) is 1. The van der Waals surface area contributed by atoms with Crippen LogP contribution in [0.4, 0.5) is 0 Å². The second-order valence-corrected chi connectivity index (χ2v) is 5.98. The number of hydrogen-bond acceptors (Lipinski definition) is 3. The Hall–Kier alpha value is -0.610. The maximum absolute atomic E-state index is 11.3. The van der Waals surface area contributed by atoms with Gasteiger partial charge in [-0.25, -0.2) is 0 Å². The van der Waals surface area contributed by atoms with Crippen LogP contribution in [0, 0.1) is 0 Å². The van der Waals surface area contributed by atoms with E-state index < -0.39 is 11.5 Å². The second-order valence-electron chi connectivity index (χ2n) is 5.98. The molecular weight excluding hydrogens is 242 g/mol. The number of hydrogen-bond donors (Lipinski definition) is 2. The topological polar surface area (TPSA) is 58.6 Å². The highest BCUT2D eigenvalue weighted by molar-refractivity contribution is 5.78. The van der Waals surface area contributed by atoms with Gasteiger partial charge in [0.2, 0.25) is 0 Å². The summed E-state index contributed by atoms with van der Waals surface area (Å²) in [5.41, 5.74) is -0.882. The number of carboxylic acids is 1. The molecule has 4 heteroatoms. The highest BCUT2D eigenvalue weighted by atomic mass is 16.5. The van der Waals surface area contributed by atoms with Gasteiger partial charge in [-0.2, -0.15) is 0 Å². The standard InChI is InChI=1S/C15H31NO3/c1-6-11-16-15(5,13(17)18)10-8-9-12-19-14(3,4)7-2/h16H,6-12H2,1-5H3,(H,17,18). The Labute approximate surface area is 117 Å². The van der Waals surface area contributed by atoms with Crippen LogP contribution in [0.15, 0.2) is 0 Å². The number of carboxylic acid groups (broad SMARTS) is 1. The normalized spacial score (nSPS) is 15.2. The Balaban J connectivity index is 3.98. The number of unbranched alkanes of at least 4 members (excludes halogenated alkanes) is 1. The molecule has 0 rings (SSSR count). The quantitative estimate of drug-likeness (QED) is 0.568. The summed E-state index contributed by atoms with van der Waals surface area (Å²) in [5, 5.41) is 12.4. The first-order chi connectivity index (χ1) is 8.77. The van der Waals surface area contributed by atoms with E-state index in [0.29, 0.717) is 13.0 Å². The molecule has 2 N–H and O–H groups in total. The summed E-state index contributed by atoms with van der Waals surface area (Å²) in [4.78, 5) is 11.3. The Bertz CT molecular complexity index is 266. The van der Waals surface area contributed by atoms with Crippen molar-refractivity contribution in [3.63, 3.8) is 0 Å². The third kappa shape index (κ3) is 7.53. The van der Waals surface area contributed by atoms with Gasteiger partial charge in [-0.3, -0.25) is 4.79 Å². The first-order valence-electron chi connectivity index (χ1n) is 7.40. The van der Waals surface area contributed by atoms with E-state index in [4.69, 9.17) is 4.74 Å². The molecule has 1 atom stereocenters. The minimum absolute atomic E-state index is 0.0729. The minimum atomic E-state index is -0.809. The fourth-order valence-electron chi connectivity index (χ4n) is 1.70. The van der Waals surface area contributed by atoms with E-state index in [1.807, 2.05) is 6.92 Å². The molecular formula is C15H31NO3. The van der Waals surface area contributed by atoms with Gasteiger partial charge in [0.05, 0.1) is 5.60 Å². The molecule has 0 amide bonds. The molecule has 19 heavy (non-hydrogen) atoms. The molecule has 4 nitrogen and oxygen atoms in total. The molecule has 0 radical (unpaired) electrons. The van der Waals surface area contributed by atoms with Crippen LogP contribution in [0.1, 0.15) is 66.7 Å². The van der Waals surface area contributed by atoms with Crippen LogP contribution < -0.4 is 5.32 Å². The summed E-state index contributed by atoms with van der Waals surface area (Å²) in [6.07, 6.45) is 4.33. The molecule has 0 bridgehead atoms. The van der Waals surface area contributed by atoms with E-state index in [-0.39, 0.29) is 5.60 Å². The van der Waals surface area contributed by atoms with Gasteiger partial charge in [-0.05, 0) is 59.4 Å². The van der Waals surface area contributed by atoms with Gasteiger partial charge in [0, 0.05) is 6.61 Å². The van der Waals surface area contributed by atoms with E-state index in [9.17, 15) is 9.90 Å². The van der Waals surface area contributed by atoms with Crippen molar-refractivity contribution in [3.05, 3.63) is 0 Å². The SMILES string of the molecule is CCCNC(C)(CCCCOC(C)(C)CC)C(=O)O. The maximum atomic E-state index is 11.3. The Morgan fingerprint density at radius 1 is 1.21 bits per heavy atom. The van der Waals surface area contributed by atoms with Crippen molar-refractivity contribution in [1.82, 2.24) is 5.32 Å². The van der Waals surface area contributed by atoms with Crippen molar-refractivity contribution >= 4 is 5.97 Å². The Morgan fingerprint density at radius 3 is 2.32 bits per heavy atom. The monoisotopic (exact) mass is 273 g/mol. The number of aliphatic carboxylic acids is 1. The van der Waals surface area contributed by atoms with Gasteiger partial charge >= 0.3 is 5.97 Å². The van der Waals surface area contributed by atoms with Gasteiger partial charge in [0.25, 0.3) is 0 Å². The molecule has 0 spiro atoms. The van der Waals surface area contributed by atoms with Crippen LogP contribution in [-0.4, -0.2) is 35.4 Å². The van der Waals surface area contributed by atoms with Gasteiger partial charge in [-0.15, -0.1) is 0 Å². The molecule has 0 aliphatic rings. The maximum Gasteiger partial charge on any atom is 0.323 e. The van der Waals surface area contributed by atoms with Crippen molar-refractivity contribution in [2.75, 3.05) is 13.2 Å². The van der Waals surface area contributed by atoms with Crippen molar-refractivity contribution in [2.24, 2.45) is 0 Å². The summed E-state index contributed by atoms with van der Waals surface area (Å²) in [7, 11) is 0. The summed E-state index contributed by atoms with van der Waals surface area (Å²) < 4.78 is 5.77. The molecule has 0 aromatic carbocycles. The van der Waals surface area contributed by atoms with E-state index in [1.165, 1.54) is 0 Å². The van der Waals surface area contributed by atoms with Crippen LogP contribution in [0.3, 0.4) is 0 Å². The first-order valence-corrected chi connectivity index (χ1v) is 7.40. The van der Waals surface area contributed by atoms with Crippen LogP contribution in [0.25, 0.3) is 0 Å². The lowest BCUT2D eigenvalue weighted by Gasteiger charge is -2.27. The van der Waals surface area contributed by atoms with Gasteiger partial charge in [-0.1, -0.05) is 13.8 Å². The second kappa shape index (κ2) is 8.54. The third-order valence-corrected chi connectivity index (χ3v) is 3.65. The van der Waals surface area contributed by atoms with Crippen LogP contribution in [-0.2, 0) is 9.53 Å². The average molecular weight is 273 g/mol. The number of carbonyl (C=O) groups is 1. The Kier molecular flexibility index (Phi) is 8.26. The third-order valence-electron chi connectivity index (χ3n) is 3.65. The molecule has 0 aromatic rings. The van der Waals surface area contributed by atoms with Gasteiger partial charge in [0.1, 0.15) is 5.54 Å². The van der Waals surface area contributed by atoms with E-state index in [0.717, 1.165) is 32.2 Å². The summed E-state index contributed by atoms with van der Waals surface area (Å²) in [5.74, 6) is -0.768. The smallest absolute Gasteiger partial charge is 0.323 e. The summed E-state index contributed by atoms with van der Waals surface area (Å²) >= 11 is 0. The number of rotatable bonds is 11. The Morgan fingerprint density at radius 2 is 1.84 bits per heavy atom. The lowest BCUT2D eigenvalue weighted by atomic mass is 9.94. The average Bonchev–Trinajstić information content (AvgIpc) is 2.35. The molecule has 1 unspecified atom stereocenters. The summed E-state index contributed by atoms with van der Waals surface area (Å²) in [6, 6.07) is 0. The predicted molar refractivity (Wildman–Crippen MR) is 78.5 cm³/mol. The lowest BCUT2D eigenvalue weighted by molar-refractivity contribution is -0.144. The van der Waals surface area contributed by atoms with Crippen molar-refractivity contribution in [3.8, 4) is 0 Å². The first kappa shape index (κ1) is 18.4. The zero-order valence-electron chi connectivity index (χ0n) is 13.2. The fourth-order valence-corrected chi connectivity index (χ4v) is 1.70. The number of nitrogens with one attached hydrogen (secondary N) is 1. The van der Waals surface area contributed by atoms with Gasteiger partial charge in [0.15, 0.2) is 0 Å². The van der Waals surface area contributed by atoms with Crippen LogP contribution in [0.2, 0.25) is 0 Å². The molecule has 0 saturated heterocycles. The highest BCUT2D eigenvalue weighted by Crippen LogP contribution is 2.17. The van der Waals surface area contributed by atoms with Crippen LogP contribution in [0.5, 0.6) is 0 Å². The zero-order valence-corrected chi connectivity index (χ0v) is 13.2. The molecule has 0 aromatic heterocycles. The van der Waals surface area contributed by atoms with Crippen LogP contribution >= 0.6 is 0 Å². The zero-order chi connectivity index (χ0) is 14.9. The predicted octanol–water partition coefficient (Wildman–Crippen LogP) is 3.20. The lowest BCUT2D eigenvalue weighted by Crippen LogP contribution is -2.49. The molecule has 0 fully saturated rings. The largest absolute Gasteiger partial charge is 0.480 e. The summed E-state index contributed by atoms with van der Waals surface area (Å²) in [6.45, 7) is 11.5. The minimum Gasteiger partial charge on any atom is -0.480 e. The molecule has 0 saturated carbocycles. The van der Waals surface area contributed by atoms with Crippen molar-refractivity contribution in [1.29, 1.82) is 0 Å². The van der Waals surface area contributed by atoms with Crippen molar-refractivity contribution in [2.45, 2.75) is 77.9 Å². The molecule has 0 aliphatic heterocycles. The van der Waals surface area contributed by atoms with E-state index >= 15 is 0 Å². The van der Waals surface area contributed by atoms with E-state index in [1.54, 1.807) is 6.92 Å². The molecule has 114 valence electrons.